The van der Waals surface area contributed by atoms with Gasteiger partial charge in [0, 0.05) is 25.6 Å². The van der Waals surface area contributed by atoms with Crippen LogP contribution in [-0.4, -0.2) is 43.5 Å². The van der Waals surface area contributed by atoms with Gasteiger partial charge >= 0.3 is 0 Å². The smallest absolute Gasteiger partial charge is 0.220 e. The lowest BCUT2D eigenvalue weighted by Crippen LogP contribution is -2.46. The number of amides is 1. The Kier molecular flexibility index (Phi) is 5.39. The maximum Gasteiger partial charge on any atom is 0.220 e. The number of hydrogen-bond donors (Lipinski definition) is 1. The number of sulfonamides is 1. The first kappa shape index (κ1) is 14.4. The van der Waals surface area contributed by atoms with Crippen molar-refractivity contribution in [3.05, 3.63) is 0 Å². The van der Waals surface area contributed by atoms with Crippen LogP contribution in [0.4, 0.5) is 0 Å². The van der Waals surface area contributed by atoms with Crippen molar-refractivity contribution in [1.82, 2.24) is 9.62 Å². The van der Waals surface area contributed by atoms with Crippen molar-refractivity contribution in [3.63, 3.8) is 0 Å². The summed E-state index contributed by atoms with van der Waals surface area (Å²) in [5.74, 6) is 0.226. The van der Waals surface area contributed by atoms with Gasteiger partial charge in [0.05, 0.1) is 5.75 Å². The van der Waals surface area contributed by atoms with Crippen LogP contribution in [0.1, 0.15) is 39.5 Å². The topological polar surface area (TPSA) is 66.5 Å². The van der Waals surface area contributed by atoms with Crippen molar-refractivity contribution < 1.29 is 13.2 Å². The molecule has 0 aromatic rings. The summed E-state index contributed by atoms with van der Waals surface area (Å²) in [5.41, 5.74) is 0. The van der Waals surface area contributed by atoms with E-state index in [-0.39, 0.29) is 17.7 Å². The molecule has 0 aromatic carbocycles. The molecule has 6 heteroatoms. The van der Waals surface area contributed by atoms with Gasteiger partial charge in [-0.15, -0.1) is 0 Å². The summed E-state index contributed by atoms with van der Waals surface area (Å²) in [5, 5.41) is 2.95. The molecule has 17 heavy (non-hydrogen) atoms. The van der Waals surface area contributed by atoms with Crippen LogP contribution in [0.15, 0.2) is 0 Å². The maximum atomic E-state index is 11.6. The van der Waals surface area contributed by atoms with E-state index in [0.29, 0.717) is 32.4 Å². The third-order valence-electron chi connectivity index (χ3n) is 3.05. The second kappa shape index (κ2) is 6.35. The lowest BCUT2D eigenvalue weighted by atomic mass is 10.1. The molecule has 1 amide bonds. The zero-order valence-corrected chi connectivity index (χ0v) is 11.4. The molecule has 0 radical (unpaired) electrons. The van der Waals surface area contributed by atoms with Gasteiger partial charge in [-0.05, 0) is 26.2 Å². The monoisotopic (exact) mass is 262 g/mol. The average Bonchev–Trinajstić information content (AvgIpc) is 2.30. The van der Waals surface area contributed by atoms with Gasteiger partial charge in [0.1, 0.15) is 0 Å². The van der Waals surface area contributed by atoms with Crippen molar-refractivity contribution >= 4 is 15.9 Å². The molecule has 1 saturated heterocycles. The lowest BCUT2D eigenvalue weighted by Gasteiger charge is -2.31. The SMILES string of the molecule is CCCC(=O)NC1CCN(S(=O)(=O)CC)CC1. The van der Waals surface area contributed by atoms with E-state index in [1.165, 1.54) is 4.31 Å². The zero-order chi connectivity index (χ0) is 12.9. The summed E-state index contributed by atoms with van der Waals surface area (Å²) in [4.78, 5) is 11.4. The highest BCUT2D eigenvalue weighted by molar-refractivity contribution is 7.89. The fourth-order valence-corrected chi connectivity index (χ4v) is 3.12. The molecule has 0 atom stereocenters. The van der Waals surface area contributed by atoms with Crippen LogP contribution in [0.25, 0.3) is 0 Å². The quantitative estimate of drug-likeness (QED) is 0.794. The molecule has 1 aliphatic rings. The Morgan fingerprint density at radius 3 is 2.35 bits per heavy atom. The normalized spacial score (nSPS) is 19.2. The highest BCUT2D eigenvalue weighted by Gasteiger charge is 2.27. The van der Waals surface area contributed by atoms with Crippen LogP contribution in [0.3, 0.4) is 0 Å². The summed E-state index contributed by atoms with van der Waals surface area (Å²) in [6.07, 6.45) is 2.83. The molecule has 100 valence electrons. The van der Waals surface area contributed by atoms with Crippen molar-refractivity contribution in [2.75, 3.05) is 18.8 Å². The molecule has 0 unspecified atom stereocenters. The fourth-order valence-electron chi connectivity index (χ4n) is 1.99. The molecule has 0 saturated carbocycles. The molecule has 1 heterocycles. The van der Waals surface area contributed by atoms with E-state index in [4.69, 9.17) is 0 Å². The Balaban J connectivity index is 2.38. The molecule has 0 bridgehead atoms. The average molecular weight is 262 g/mol. The van der Waals surface area contributed by atoms with E-state index >= 15 is 0 Å². The highest BCUT2D eigenvalue weighted by Crippen LogP contribution is 2.14. The molecule has 0 aromatic heterocycles. The Morgan fingerprint density at radius 1 is 1.29 bits per heavy atom. The van der Waals surface area contributed by atoms with Crippen LogP contribution in [0.2, 0.25) is 0 Å². The van der Waals surface area contributed by atoms with Gasteiger partial charge < -0.3 is 5.32 Å². The number of carbonyl (C=O) groups is 1. The third kappa shape index (κ3) is 4.27. The van der Waals surface area contributed by atoms with Crippen molar-refractivity contribution in [1.29, 1.82) is 0 Å². The van der Waals surface area contributed by atoms with Crippen LogP contribution >= 0.6 is 0 Å². The number of nitrogens with zero attached hydrogens (tertiary/aromatic N) is 1. The first-order chi connectivity index (χ1) is 7.99. The summed E-state index contributed by atoms with van der Waals surface area (Å²) < 4.78 is 24.8. The minimum absolute atomic E-state index is 0.0734. The minimum atomic E-state index is -3.06. The van der Waals surface area contributed by atoms with Gasteiger partial charge in [0.25, 0.3) is 0 Å². The Labute approximate surface area is 104 Å². The molecule has 1 N–H and O–H groups in total. The molecular formula is C11H22N2O3S. The van der Waals surface area contributed by atoms with E-state index in [0.717, 1.165) is 6.42 Å². The summed E-state index contributed by atoms with van der Waals surface area (Å²) in [6, 6.07) is 0.136. The van der Waals surface area contributed by atoms with Gasteiger partial charge in [-0.25, -0.2) is 12.7 Å². The second-order valence-corrected chi connectivity index (χ2v) is 6.65. The van der Waals surface area contributed by atoms with Crippen LogP contribution in [-0.2, 0) is 14.8 Å². The van der Waals surface area contributed by atoms with Crippen LogP contribution in [0.5, 0.6) is 0 Å². The summed E-state index contributed by atoms with van der Waals surface area (Å²) >= 11 is 0. The van der Waals surface area contributed by atoms with E-state index in [1.807, 2.05) is 6.92 Å². The predicted octanol–water partition coefficient (Wildman–Crippen LogP) is 0.717. The van der Waals surface area contributed by atoms with Gasteiger partial charge in [0.15, 0.2) is 0 Å². The predicted molar refractivity (Wildman–Crippen MR) is 67.1 cm³/mol. The minimum Gasteiger partial charge on any atom is -0.353 e. The Bertz CT molecular complexity index is 346. The number of nitrogens with one attached hydrogen (secondary N) is 1. The first-order valence-electron chi connectivity index (χ1n) is 6.26. The fraction of sp³-hybridized carbons (Fsp3) is 0.909. The van der Waals surface area contributed by atoms with E-state index in [2.05, 4.69) is 5.32 Å². The standard InChI is InChI=1S/C11H22N2O3S/c1-3-5-11(14)12-10-6-8-13(9-7-10)17(15,16)4-2/h10H,3-9H2,1-2H3,(H,12,14). The Morgan fingerprint density at radius 2 is 1.88 bits per heavy atom. The molecule has 1 fully saturated rings. The molecule has 5 nitrogen and oxygen atoms in total. The molecule has 1 rings (SSSR count). The second-order valence-electron chi connectivity index (χ2n) is 4.39. The highest BCUT2D eigenvalue weighted by atomic mass is 32.2. The number of hydrogen-bond acceptors (Lipinski definition) is 3. The first-order valence-corrected chi connectivity index (χ1v) is 7.87. The largest absolute Gasteiger partial charge is 0.353 e. The number of rotatable bonds is 5. The van der Waals surface area contributed by atoms with Crippen LogP contribution in [0, 0.1) is 0 Å². The van der Waals surface area contributed by atoms with Crippen molar-refractivity contribution in [3.8, 4) is 0 Å². The van der Waals surface area contributed by atoms with Gasteiger partial charge in [-0.2, -0.15) is 0 Å². The Hall–Kier alpha value is -0.620. The van der Waals surface area contributed by atoms with Gasteiger partial charge in [-0.1, -0.05) is 6.92 Å². The van der Waals surface area contributed by atoms with Crippen molar-refractivity contribution in [2.45, 2.75) is 45.6 Å². The summed E-state index contributed by atoms with van der Waals surface area (Å²) in [6.45, 7) is 4.67. The van der Waals surface area contributed by atoms with Crippen molar-refractivity contribution in [2.24, 2.45) is 0 Å². The summed E-state index contributed by atoms with van der Waals surface area (Å²) in [7, 11) is -3.06. The molecule has 1 aliphatic heterocycles. The number of piperidine rings is 1. The third-order valence-corrected chi connectivity index (χ3v) is 4.94. The number of carbonyl (C=O) groups excluding carboxylic acids is 1. The van der Waals surface area contributed by atoms with Gasteiger partial charge in [0.2, 0.25) is 15.9 Å². The van der Waals surface area contributed by atoms with Crippen LogP contribution < -0.4 is 5.32 Å². The molecule has 0 spiro atoms. The maximum absolute atomic E-state index is 11.6. The molecular weight excluding hydrogens is 240 g/mol. The van der Waals surface area contributed by atoms with E-state index < -0.39 is 10.0 Å². The molecule has 0 aliphatic carbocycles. The van der Waals surface area contributed by atoms with E-state index in [9.17, 15) is 13.2 Å². The van der Waals surface area contributed by atoms with E-state index in [1.54, 1.807) is 6.92 Å². The van der Waals surface area contributed by atoms with Gasteiger partial charge in [-0.3, -0.25) is 4.79 Å². The lowest BCUT2D eigenvalue weighted by molar-refractivity contribution is -0.122. The zero-order valence-electron chi connectivity index (χ0n) is 10.6.